The number of amides is 2. The summed E-state index contributed by atoms with van der Waals surface area (Å²) in [6.07, 6.45) is 0.289. The lowest BCUT2D eigenvalue weighted by molar-refractivity contribution is -0.140. The maximum absolute atomic E-state index is 12.3. The van der Waals surface area contributed by atoms with Crippen LogP contribution in [0.15, 0.2) is 59.3 Å². The number of hydrogen-bond acceptors (Lipinski definition) is 7. The number of aliphatic carboxylic acids is 1. The van der Waals surface area contributed by atoms with Crippen LogP contribution >= 0.6 is 0 Å². The number of carboxylic acids is 1. The second kappa shape index (κ2) is 9.53. The van der Waals surface area contributed by atoms with Crippen molar-refractivity contribution in [2.24, 2.45) is 0 Å². The first-order valence-corrected chi connectivity index (χ1v) is 10.1. The summed E-state index contributed by atoms with van der Waals surface area (Å²) >= 11 is 0. The highest BCUT2D eigenvalue weighted by Crippen LogP contribution is 2.44. The number of aromatic nitrogens is 1. The van der Waals surface area contributed by atoms with Crippen LogP contribution in [0, 0.1) is 0 Å². The summed E-state index contributed by atoms with van der Waals surface area (Å²) in [6.45, 7) is -0.858. The lowest BCUT2D eigenvalue weighted by Crippen LogP contribution is -2.43. The van der Waals surface area contributed by atoms with Gasteiger partial charge in [0.25, 0.3) is 5.91 Å². The number of rotatable bonds is 8. The number of alkyl carbamates (subject to hydrolysis) is 1. The molecule has 33 heavy (non-hydrogen) atoms. The van der Waals surface area contributed by atoms with E-state index in [1.165, 1.54) is 0 Å². The van der Waals surface area contributed by atoms with Crippen molar-refractivity contribution < 1.29 is 33.8 Å². The predicted molar refractivity (Wildman–Crippen MR) is 114 cm³/mol. The number of carboxylic acid groups (broad SMARTS) is 1. The molecule has 2 amide bonds. The number of oxazole rings is 1. The maximum atomic E-state index is 12.3. The van der Waals surface area contributed by atoms with Gasteiger partial charge in [-0.25, -0.2) is 14.6 Å². The zero-order chi connectivity index (χ0) is 23.4. The molecule has 3 aromatic rings. The molecule has 0 spiro atoms. The zero-order valence-electron chi connectivity index (χ0n) is 17.4. The van der Waals surface area contributed by atoms with Gasteiger partial charge < -0.3 is 30.0 Å². The molecule has 0 bridgehead atoms. The Morgan fingerprint density at radius 1 is 1.06 bits per heavy atom. The van der Waals surface area contributed by atoms with Crippen molar-refractivity contribution in [1.29, 1.82) is 0 Å². The van der Waals surface area contributed by atoms with Crippen LogP contribution in [0.1, 0.15) is 33.3 Å². The molecule has 1 atom stereocenters. The van der Waals surface area contributed by atoms with Crippen LogP contribution in [-0.4, -0.2) is 52.4 Å². The van der Waals surface area contributed by atoms with Gasteiger partial charge in [0.15, 0.2) is 23.9 Å². The van der Waals surface area contributed by atoms with E-state index in [0.717, 1.165) is 28.6 Å². The van der Waals surface area contributed by atoms with Crippen molar-refractivity contribution in [3.05, 3.63) is 77.5 Å². The van der Waals surface area contributed by atoms with Crippen LogP contribution in [0.25, 0.3) is 11.1 Å². The summed E-state index contributed by atoms with van der Waals surface area (Å²) in [5, 5.41) is 22.6. The van der Waals surface area contributed by atoms with Crippen LogP contribution in [-0.2, 0) is 16.1 Å². The predicted octanol–water partition coefficient (Wildman–Crippen LogP) is 1.89. The highest BCUT2D eigenvalue weighted by Gasteiger charge is 2.29. The number of carbonyl (C=O) groups excluding carboxylic acids is 2. The van der Waals surface area contributed by atoms with Gasteiger partial charge >= 0.3 is 12.1 Å². The van der Waals surface area contributed by atoms with E-state index in [4.69, 9.17) is 19.4 Å². The van der Waals surface area contributed by atoms with Gasteiger partial charge in [-0.3, -0.25) is 4.79 Å². The summed E-state index contributed by atoms with van der Waals surface area (Å²) < 4.78 is 10.6. The van der Waals surface area contributed by atoms with E-state index in [-0.39, 0.29) is 30.5 Å². The average molecular weight is 451 g/mol. The second-order valence-corrected chi connectivity index (χ2v) is 7.35. The fourth-order valence-corrected chi connectivity index (χ4v) is 3.80. The Hall–Kier alpha value is -4.18. The highest BCUT2D eigenvalue weighted by atomic mass is 16.5. The molecular weight excluding hydrogens is 430 g/mol. The lowest BCUT2D eigenvalue weighted by atomic mass is 9.98. The van der Waals surface area contributed by atoms with E-state index in [9.17, 15) is 14.4 Å². The Kier molecular flexibility index (Phi) is 6.36. The van der Waals surface area contributed by atoms with Crippen molar-refractivity contribution in [3.8, 4) is 11.1 Å². The van der Waals surface area contributed by atoms with E-state index in [0.29, 0.717) is 0 Å². The van der Waals surface area contributed by atoms with Crippen LogP contribution in [0.3, 0.4) is 0 Å². The number of nitrogens with zero attached hydrogens (tertiary/aromatic N) is 1. The zero-order valence-corrected chi connectivity index (χ0v) is 17.4. The molecule has 1 aromatic heterocycles. The molecular formula is C23H21N3O7. The van der Waals surface area contributed by atoms with Gasteiger partial charge in [-0.1, -0.05) is 48.5 Å². The van der Waals surface area contributed by atoms with Crippen molar-refractivity contribution in [2.45, 2.75) is 18.5 Å². The number of nitrogens with one attached hydrogen (secondary N) is 2. The fraction of sp³-hybridized carbons (Fsp3) is 0.217. The molecule has 0 saturated heterocycles. The molecule has 0 saturated carbocycles. The maximum Gasteiger partial charge on any atom is 0.407 e. The van der Waals surface area contributed by atoms with Gasteiger partial charge in [0, 0.05) is 5.92 Å². The van der Waals surface area contributed by atoms with Crippen molar-refractivity contribution >= 4 is 18.0 Å². The summed E-state index contributed by atoms with van der Waals surface area (Å²) in [7, 11) is 0. The Bertz CT molecular complexity index is 1140. The van der Waals surface area contributed by atoms with Crippen molar-refractivity contribution in [1.82, 2.24) is 15.6 Å². The minimum absolute atomic E-state index is 0.0167. The summed E-state index contributed by atoms with van der Waals surface area (Å²) in [4.78, 5) is 39.3. The normalized spacial score (nSPS) is 13.0. The first-order valence-electron chi connectivity index (χ1n) is 10.1. The molecule has 4 N–H and O–H groups in total. The second-order valence-electron chi connectivity index (χ2n) is 7.35. The Morgan fingerprint density at radius 2 is 1.70 bits per heavy atom. The van der Waals surface area contributed by atoms with E-state index in [1.54, 1.807) is 0 Å². The molecule has 1 aliphatic rings. The van der Waals surface area contributed by atoms with Crippen LogP contribution in [0.5, 0.6) is 0 Å². The standard InChI is InChI=1S/C23H21N3O7/c27-10-18(22(29)30)26-21(28)20-19(33-12-25-20)9-24-23(31)32-11-17-15-7-3-1-5-13(15)14-6-2-4-8-16(14)17/h1-8,12,17-18,27H,9-11H2,(H,24,31)(H,26,28)(H,29,30)/t18-/m1/s1. The number of ether oxygens (including phenoxy) is 1. The molecule has 0 unspecified atom stereocenters. The first-order chi connectivity index (χ1) is 16.0. The molecule has 10 heteroatoms. The van der Waals surface area contributed by atoms with Gasteiger partial charge in [0.2, 0.25) is 0 Å². The minimum Gasteiger partial charge on any atom is -0.480 e. The number of fused-ring (bicyclic) bond motifs is 3. The number of hydrogen-bond donors (Lipinski definition) is 4. The quantitative estimate of drug-likeness (QED) is 0.405. The SMILES string of the molecule is O=C(NCc1ocnc1C(=O)N[C@H](CO)C(=O)O)OCC1c2ccccc2-c2ccccc21. The molecule has 1 heterocycles. The summed E-state index contributed by atoms with van der Waals surface area (Å²) in [5.41, 5.74) is 4.19. The molecule has 170 valence electrons. The first kappa shape index (κ1) is 22.0. The van der Waals surface area contributed by atoms with Gasteiger partial charge in [-0.2, -0.15) is 0 Å². The summed E-state index contributed by atoms with van der Waals surface area (Å²) in [6, 6.07) is 14.4. The Balaban J connectivity index is 1.36. The smallest absolute Gasteiger partial charge is 0.407 e. The van der Waals surface area contributed by atoms with Crippen molar-refractivity contribution in [3.63, 3.8) is 0 Å². The number of carbonyl (C=O) groups is 3. The molecule has 1 aliphatic carbocycles. The number of aliphatic hydroxyl groups excluding tert-OH is 1. The van der Waals surface area contributed by atoms with Gasteiger partial charge in [-0.05, 0) is 22.3 Å². The molecule has 0 radical (unpaired) electrons. The third-order valence-electron chi connectivity index (χ3n) is 5.38. The van der Waals surface area contributed by atoms with Crippen LogP contribution < -0.4 is 10.6 Å². The molecule has 0 fully saturated rings. The monoisotopic (exact) mass is 451 g/mol. The Labute approximate surface area is 188 Å². The van der Waals surface area contributed by atoms with Crippen LogP contribution in [0.2, 0.25) is 0 Å². The number of aliphatic hydroxyl groups is 1. The Morgan fingerprint density at radius 3 is 2.30 bits per heavy atom. The topological polar surface area (TPSA) is 151 Å². The van der Waals surface area contributed by atoms with Crippen LogP contribution in [0.4, 0.5) is 4.79 Å². The van der Waals surface area contributed by atoms with E-state index < -0.39 is 30.6 Å². The average Bonchev–Trinajstić information content (AvgIpc) is 3.42. The minimum atomic E-state index is -1.49. The third kappa shape index (κ3) is 4.55. The van der Waals surface area contributed by atoms with E-state index in [1.807, 2.05) is 48.5 Å². The lowest BCUT2D eigenvalue weighted by Gasteiger charge is -2.14. The molecule has 10 nitrogen and oxygen atoms in total. The molecule has 0 aliphatic heterocycles. The van der Waals surface area contributed by atoms with Gasteiger partial charge in [0.05, 0.1) is 13.2 Å². The van der Waals surface area contributed by atoms with Crippen molar-refractivity contribution in [2.75, 3.05) is 13.2 Å². The van der Waals surface area contributed by atoms with E-state index >= 15 is 0 Å². The number of benzene rings is 2. The molecule has 4 rings (SSSR count). The highest BCUT2D eigenvalue weighted by molar-refractivity contribution is 5.95. The van der Waals surface area contributed by atoms with Gasteiger partial charge in [0.1, 0.15) is 6.61 Å². The fourth-order valence-electron chi connectivity index (χ4n) is 3.80. The third-order valence-corrected chi connectivity index (χ3v) is 5.38. The van der Waals surface area contributed by atoms with Gasteiger partial charge in [-0.15, -0.1) is 0 Å². The van der Waals surface area contributed by atoms with E-state index in [2.05, 4.69) is 15.6 Å². The largest absolute Gasteiger partial charge is 0.480 e. The summed E-state index contributed by atoms with van der Waals surface area (Å²) in [5.74, 6) is -2.33. The molecule has 2 aromatic carbocycles.